The van der Waals surface area contributed by atoms with Gasteiger partial charge in [-0.2, -0.15) is 4.31 Å². The number of rotatable bonds is 9. The van der Waals surface area contributed by atoms with Gasteiger partial charge in [0.2, 0.25) is 10.0 Å². The van der Waals surface area contributed by atoms with E-state index in [4.69, 9.17) is 9.47 Å². The lowest BCUT2D eigenvalue weighted by molar-refractivity contribution is 0.118. The molecule has 0 aromatic carbocycles. The summed E-state index contributed by atoms with van der Waals surface area (Å²) in [6.45, 7) is 4.82. The Balaban J connectivity index is 2.69. The fourth-order valence-electron chi connectivity index (χ4n) is 2.60. The van der Waals surface area contributed by atoms with Gasteiger partial charge in [-0.1, -0.05) is 0 Å². The van der Waals surface area contributed by atoms with Crippen molar-refractivity contribution in [2.24, 2.45) is 5.92 Å². The summed E-state index contributed by atoms with van der Waals surface area (Å²) in [5.41, 5.74) is 0. The minimum atomic E-state index is -3.28. The molecule has 1 rings (SSSR count). The highest BCUT2D eigenvalue weighted by Crippen LogP contribution is 2.17. The van der Waals surface area contributed by atoms with Gasteiger partial charge in [-0.25, -0.2) is 8.42 Å². The van der Waals surface area contributed by atoms with Gasteiger partial charge in [0.25, 0.3) is 0 Å². The molecule has 0 radical (unpaired) electrons. The van der Waals surface area contributed by atoms with E-state index in [0.29, 0.717) is 19.8 Å². The fraction of sp³-hybridized carbons (Fsp3) is 1.00. The lowest BCUT2D eigenvalue weighted by Crippen LogP contribution is -2.46. The number of piperidine rings is 1. The first-order valence-electron chi connectivity index (χ1n) is 7.19. The number of hydrogen-bond acceptors (Lipinski definition) is 5. The average molecular weight is 308 g/mol. The molecule has 0 bridgehead atoms. The molecule has 0 aliphatic carbocycles. The Kier molecular flexibility index (Phi) is 7.98. The van der Waals surface area contributed by atoms with Crippen LogP contribution in [0.4, 0.5) is 0 Å². The van der Waals surface area contributed by atoms with E-state index in [0.717, 1.165) is 25.9 Å². The molecule has 1 saturated heterocycles. The normalized spacial score (nSPS) is 22.1. The van der Waals surface area contributed by atoms with Crippen LogP contribution in [-0.4, -0.2) is 71.6 Å². The van der Waals surface area contributed by atoms with Gasteiger partial charge in [0.05, 0.1) is 19.0 Å². The Morgan fingerprint density at radius 3 is 2.65 bits per heavy atom. The Labute approximate surface area is 122 Å². The molecule has 0 aromatic rings. The Morgan fingerprint density at radius 2 is 2.10 bits per heavy atom. The molecule has 6 nitrogen and oxygen atoms in total. The number of hydrogen-bond donors (Lipinski definition) is 1. The number of nitrogens with zero attached hydrogens (tertiary/aromatic N) is 1. The van der Waals surface area contributed by atoms with Crippen molar-refractivity contribution in [2.45, 2.75) is 25.8 Å². The van der Waals surface area contributed by atoms with E-state index in [2.05, 4.69) is 5.32 Å². The topological polar surface area (TPSA) is 67.9 Å². The molecule has 2 unspecified atom stereocenters. The molecular weight excluding hydrogens is 280 g/mol. The maximum atomic E-state index is 12.6. The van der Waals surface area contributed by atoms with Gasteiger partial charge >= 0.3 is 0 Å². The van der Waals surface area contributed by atoms with E-state index in [1.807, 2.05) is 6.92 Å². The second kappa shape index (κ2) is 8.94. The smallest absolute Gasteiger partial charge is 0.214 e. The van der Waals surface area contributed by atoms with E-state index < -0.39 is 10.0 Å². The van der Waals surface area contributed by atoms with Crippen LogP contribution < -0.4 is 5.32 Å². The van der Waals surface area contributed by atoms with Gasteiger partial charge < -0.3 is 14.8 Å². The highest BCUT2D eigenvalue weighted by atomic mass is 32.2. The average Bonchev–Trinajstić information content (AvgIpc) is 2.39. The number of nitrogens with one attached hydrogen (secondary N) is 1. The van der Waals surface area contributed by atoms with Gasteiger partial charge in [0.1, 0.15) is 0 Å². The molecule has 1 heterocycles. The Hall–Kier alpha value is -0.210. The van der Waals surface area contributed by atoms with Gasteiger partial charge in [-0.15, -0.1) is 0 Å². The largest absolute Gasteiger partial charge is 0.383 e. The monoisotopic (exact) mass is 308 g/mol. The van der Waals surface area contributed by atoms with Crippen LogP contribution in [0.15, 0.2) is 0 Å². The maximum absolute atomic E-state index is 12.6. The molecule has 1 aliphatic heterocycles. The number of sulfonamides is 1. The van der Waals surface area contributed by atoms with Gasteiger partial charge in [-0.3, -0.25) is 0 Å². The third kappa shape index (κ3) is 5.65. The SMILES string of the molecule is COCCN(C(C)COC)S(=O)(=O)CC1CCCNC1. The van der Waals surface area contributed by atoms with Gasteiger partial charge in [0, 0.05) is 26.8 Å². The highest BCUT2D eigenvalue weighted by molar-refractivity contribution is 7.89. The second-order valence-electron chi connectivity index (χ2n) is 5.40. The van der Waals surface area contributed by atoms with Crippen LogP contribution in [0.5, 0.6) is 0 Å². The summed E-state index contributed by atoms with van der Waals surface area (Å²) >= 11 is 0. The fourth-order valence-corrected chi connectivity index (χ4v) is 4.63. The summed E-state index contributed by atoms with van der Waals surface area (Å²) in [4.78, 5) is 0. The summed E-state index contributed by atoms with van der Waals surface area (Å²) in [5.74, 6) is 0.408. The van der Waals surface area contributed by atoms with E-state index in [-0.39, 0.29) is 17.7 Å². The minimum Gasteiger partial charge on any atom is -0.383 e. The second-order valence-corrected chi connectivity index (χ2v) is 7.36. The third-order valence-electron chi connectivity index (χ3n) is 3.62. The van der Waals surface area contributed by atoms with Crippen LogP contribution in [-0.2, 0) is 19.5 Å². The molecule has 0 spiro atoms. The molecule has 0 saturated carbocycles. The van der Waals surface area contributed by atoms with Crippen LogP contribution in [0.25, 0.3) is 0 Å². The summed E-state index contributed by atoms with van der Waals surface area (Å²) in [6, 6.07) is -0.170. The van der Waals surface area contributed by atoms with Crippen LogP contribution in [0.2, 0.25) is 0 Å². The summed E-state index contributed by atoms with van der Waals surface area (Å²) < 4.78 is 36.9. The van der Waals surface area contributed by atoms with Crippen molar-refractivity contribution < 1.29 is 17.9 Å². The van der Waals surface area contributed by atoms with Crippen molar-refractivity contribution in [1.82, 2.24) is 9.62 Å². The molecule has 120 valence electrons. The predicted molar refractivity (Wildman–Crippen MR) is 79.3 cm³/mol. The molecule has 2 atom stereocenters. The van der Waals surface area contributed by atoms with Crippen LogP contribution in [0.3, 0.4) is 0 Å². The summed E-state index contributed by atoms with van der Waals surface area (Å²) in [6.07, 6.45) is 2.02. The van der Waals surface area contributed by atoms with Crippen molar-refractivity contribution in [1.29, 1.82) is 0 Å². The van der Waals surface area contributed by atoms with Crippen molar-refractivity contribution in [3.63, 3.8) is 0 Å². The quantitative estimate of drug-likeness (QED) is 0.663. The van der Waals surface area contributed by atoms with E-state index in [1.165, 1.54) is 4.31 Å². The van der Waals surface area contributed by atoms with E-state index in [9.17, 15) is 8.42 Å². The molecule has 20 heavy (non-hydrogen) atoms. The lowest BCUT2D eigenvalue weighted by Gasteiger charge is -2.30. The predicted octanol–water partition coefficient (Wildman–Crippen LogP) is 0.299. The highest BCUT2D eigenvalue weighted by Gasteiger charge is 2.30. The Morgan fingerprint density at radius 1 is 1.35 bits per heavy atom. The zero-order valence-electron chi connectivity index (χ0n) is 12.8. The zero-order chi connectivity index (χ0) is 15.0. The van der Waals surface area contributed by atoms with Crippen molar-refractivity contribution >= 4 is 10.0 Å². The van der Waals surface area contributed by atoms with Crippen LogP contribution >= 0.6 is 0 Å². The Bertz CT molecular complexity index is 355. The molecule has 1 fully saturated rings. The maximum Gasteiger partial charge on any atom is 0.214 e. The molecule has 0 aromatic heterocycles. The first-order chi connectivity index (χ1) is 9.51. The summed E-state index contributed by atoms with van der Waals surface area (Å²) in [5, 5.41) is 3.26. The van der Waals surface area contributed by atoms with Crippen molar-refractivity contribution in [3.8, 4) is 0 Å². The molecule has 1 aliphatic rings. The van der Waals surface area contributed by atoms with Crippen molar-refractivity contribution in [3.05, 3.63) is 0 Å². The number of methoxy groups -OCH3 is 2. The minimum absolute atomic E-state index is 0.170. The molecule has 0 amide bonds. The van der Waals surface area contributed by atoms with E-state index >= 15 is 0 Å². The number of ether oxygens (including phenoxy) is 2. The first kappa shape index (κ1) is 17.8. The zero-order valence-corrected chi connectivity index (χ0v) is 13.6. The molecular formula is C13H28N2O4S. The van der Waals surface area contributed by atoms with Crippen LogP contribution in [0.1, 0.15) is 19.8 Å². The summed E-state index contributed by atoms with van der Waals surface area (Å²) in [7, 11) is -0.116. The van der Waals surface area contributed by atoms with E-state index in [1.54, 1.807) is 14.2 Å². The van der Waals surface area contributed by atoms with Gasteiger partial charge in [0.15, 0.2) is 0 Å². The third-order valence-corrected chi connectivity index (χ3v) is 5.77. The van der Waals surface area contributed by atoms with Crippen LogP contribution in [0, 0.1) is 5.92 Å². The van der Waals surface area contributed by atoms with Crippen molar-refractivity contribution in [2.75, 3.05) is 52.8 Å². The van der Waals surface area contributed by atoms with Gasteiger partial charge in [-0.05, 0) is 38.8 Å². The molecule has 7 heteroatoms. The first-order valence-corrected chi connectivity index (χ1v) is 8.80. The standard InChI is InChI=1S/C13H28N2O4S/c1-12(10-19-3)15(7-8-18-2)20(16,17)11-13-5-4-6-14-9-13/h12-14H,4-11H2,1-3H3. The lowest BCUT2D eigenvalue weighted by atomic mass is 10.0. The molecule has 1 N–H and O–H groups in total.